The summed E-state index contributed by atoms with van der Waals surface area (Å²) in [5.41, 5.74) is 1.93. The molecule has 0 bridgehead atoms. The Labute approximate surface area is 133 Å². The summed E-state index contributed by atoms with van der Waals surface area (Å²) in [6, 6.07) is 14.4. The van der Waals surface area contributed by atoms with Crippen LogP contribution in [-0.2, 0) is 0 Å². The third-order valence-corrected chi connectivity index (χ3v) is 3.55. The molecule has 0 aliphatic carbocycles. The molecule has 0 unspecified atom stereocenters. The van der Waals surface area contributed by atoms with Crippen LogP contribution >= 0.6 is 0 Å². The molecule has 1 amide bonds. The first-order valence-corrected chi connectivity index (χ1v) is 7.10. The van der Waals surface area contributed by atoms with Crippen molar-refractivity contribution in [3.8, 4) is 11.5 Å². The number of benzene rings is 2. The van der Waals surface area contributed by atoms with E-state index >= 15 is 0 Å². The van der Waals surface area contributed by atoms with Gasteiger partial charge in [-0.2, -0.15) is 0 Å². The van der Waals surface area contributed by atoms with Crippen molar-refractivity contribution in [3.05, 3.63) is 60.3 Å². The number of hydrogen-bond acceptors (Lipinski definition) is 4. The van der Waals surface area contributed by atoms with Crippen LogP contribution in [0.2, 0.25) is 0 Å². The molecule has 0 saturated carbocycles. The van der Waals surface area contributed by atoms with Crippen molar-refractivity contribution in [1.82, 2.24) is 4.98 Å². The quantitative estimate of drug-likeness (QED) is 0.801. The molecule has 0 aliphatic rings. The lowest BCUT2D eigenvalue weighted by atomic mass is 10.1. The number of pyridine rings is 1. The number of amides is 1. The molecule has 0 aliphatic heterocycles. The zero-order chi connectivity index (χ0) is 16.2. The Kier molecular flexibility index (Phi) is 4.10. The van der Waals surface area contributed by atoms with Crippen molar-refractivity contribution in [2.45, 2.75) is 0 Å². The van der Waals surface area contributed by atoms with E-state index in [1.807, 2.05) is 24.3 Å². The first-order valence-electron chi connectivity index (χ1n) is 7.10. The first kappa shape index (κ1) is 14.8. The molecule has 5 heteroatoms. The van der Waals surface area contributed by atoms with Gasteiger partial charge in [0.05, 0.1) is 25.4 Å². The molecule has 1 N–H and O–H groups in total. The average molecular weight is 308 g/mol. The normalized spacial score (nSPS) is 10.3. The standard InChI is InChI=1S/C18H16N2O3/c1-22-12-8-9-16(17(11-12)23-2)20-18(21)14-5-3-7-15-13(14)6-4-10-19-15/h3-11H,1-2H3,(H,20,21). The summed E-state index contributed by atoms with van der Waals surface area (Å²) in [7, 11) is 3.13. The number of anilines is 1. The van der Waals surface area contributed by atoms with E-state index < -0.39 is 0 Å². The van der Waals surface area contributed by atoms with Crippen LogP contribution in [0.4, 0.5) is 5.69 Å². The van der Waals surface area contributed by atoms with Gasteiger partial charge < -0.3 is 14.8 Å². The second kappa shape index (κ2) is 6.36. The van der Waals surface area contributed by atoms with Crippen LogP contribution in [0.1, 0.15) is 10.4 Å². The molecule has 23 heavy (non-hydrogen) atoms. The summed E-state index contributed by atoms with van der Waals surface area (Å²) >= 11 is 0. The van der Waals surface area contributed by atoms with E-state index in [9.17, 15) is 4.79 Å². The van der Waals surface area contributed by atoms with E-state index in [4.69, 9.17) is 9.47 Å². The number of carbonyl (C=O) groups excluding carboxylic acids is 1. The Bertz CT molecular complexity index is 857. The minimum atomic E-state index is -0.216. The Morgan fingerprint density at radius 1 is 1.04 bits per heavy atom. The number of nitrogens with one attached hydrogen (secondary N) is 1. The van der Waals surface area contributed by atoms with Crippen molar-refractivity contribution in [3.63, 3.8) is 0 Å². The van der Waals surface area contributed by atoms with Crippen molar-refractivity contribution in [2.24, 2.45) is 0 Å². The van der Waals surface area contributed by atoms with E-state index in [0.29, 0.717) is 22.7 Å². The van der Waals surface area contributed by atoms with Crippen LogP contribution in [0.15, 0.2) is 54.7 Å². The second-order valence-corrected chi connectivity index (χ2v) is 4.90. The highest BCUT2D eigenvalue weighted by Crippen LogP contribution is 2.29. The second-order valence-electron chi connectivity index (χ2n) is 4.90. The number of fused-ring (bicyclic) bond motifs is 1. The highest BCUT2D eigenvalue weighted by molar-refractivity contribution is 6.12. The fourth-order valence-corrected chi connectivity index (χ4v) is 2.39. The largest absolute Gasteiger partial charge is 0.497 e. The van der Waals surface area contributed by atoms with Gasteiger partial charge in [-0.3, -0.25) is 9.78 Å². The molecule has 1 aromatic heterocycles. The smallest absolute Gasteiger partial charge is 0.256 e. The maximum atomic E-state index is 12.6. The molecule has 3 rings (SSSR count). The predicted octanol–water partition coefficient (Wildman–Crippen LogP) is 3.50. The molecule has 0 fully saturated rings. The van der Waals surface area contributed by atoms with Gasteiger partial charge in [0.1, 0.15) is 11.5 Å². The Balaban J connectivity index is 1.95. The van der Waals surface area contributed by atoms with Crippen LogP contribution < -0.4 is 14.8 Å². The van der Waals surface area contributed by atoms with Gasteiger partial charge >= 0.3 is 0 Å². The van der Waals surface area contributed by atoms with E-state index in [1.165, 1.54) is 0 Å². The number of ether oxygens (including phenoxy) is 2. The number of aromatic nitrogens is 1. The fraction of sp³-hybridized carbons (Fsp3) is 0.111. The van der Waals surface area contributed by atoms with Crippen LogP contribution in [0.3, 0.4) is 0 Å². The van der Waals surface area contributed by atoms with Crippen molar-refractivity contribution >= 4 is 22.5 Å². The lowest BCUT2D eigenvalue weighted by molar-refractivity contribution is 0.102. The fourth-order valence-electron chi connectivity index (χ4n) is 2.39. The summed E-state index contributed by atoms with van der Waals surface area (Å²) in [5, 5.41) is 3.68. The molecule has 0 saturated heterocycles. The number of carbonyl (C=O) groups is 1. The molecular weight excluding hydrogens is 292 g/mol. The van der Waals surface area contributed by atoms with Gasteiger partial charge in [-0.25, -0.2) is 0 Å². The average Bonchev–Trinajstić information content (AvgIpc) is 2.61. The topological polar surface area (TPSA) is 60.5 Å². The van der Waals surface area contributed by atoms with Gasteiger partial charge in [0.2, 0.25) is 0 Å². The first-order chi connectivity index (χ1) is 11.2. The number of rotatable bonds is 4. The van der Waals surface area contributed by atoms with E-state index in [-0.39, 0.29) is 5.91 Å². The molecule has 0 spiro atoms. The molecule has 0 radical (unpaired) electrons. The zero-order valence-electron chi connectivity index (χ0n) is 12.9. The van der Waals surface area contributed by atoms with E-state index in [0.717, 1.165) is 10.9 Å². The van der Waals surface area contributed by atoms with Crippen molar-refractivity contribution in [2.75, 3.05) is 19.5 Å². The maximum Gasteiger partial charge on any atom is 0.256 e. The molecule has 3 aromatic rings. The van der Waals surface area contributed by atoms with E-state index in [2.05, 4.69) is 10.3 Å². The number of methoxy groups -OCH3 is 2. The van der Waals surface area contributed by atoms with Gasteiger partial charge in [-0.1, -0.05) is 12.1 Å². The SMILES string of the molecule is COc1ccc(NC(=O)c2cccc3ncccc23)c(OC)c1. The number of hydrogen-bond donors (Lipinski definition) is 1. The molecule has 5 nitrogen and oxygen atoms in total. The van der Waals surface area contributed by atoms with Crippen LogP contribution in [-0.4, -0.2) is 25.1 Å². The van der Waals surface area contributed by atoms with Gasteiger partial charge in [-0.15, -0.1) is 0 Å². The summed E-state index contributed by atoms with van der Waals surface area (Å²) in [6.07, 6.45) is 1.70. The predicted molar refractivity (Wildman–Crippen MR) is 89.2 cm³/mol. The Morgan fingerprint density at radius 3 is 2.70 bits per heavy atom. The van der Waals surface area contributed by atoms with Gasteiger partial charge in [0.25, 0.3) is 5.91 Å². The summed E-state index contributed by atoms with van der Waals surface area (Å²) in [4.78, 5) is 16.9. The van der Waals surface area contributed by atoms with Crippen molar-refractivity contribution in [1.29, 1.82) is 0 Å². The molecular formula is C18H16N2O3. The zero-order valence-corrected chi connectivity index (χ0v) is 12.9. The highest BCUT2D eigenvalue weighted by atomic mass is 16.5. The van der Waals surface area contributed by atoms with Crippen LogP contribution in [0, 0.1) is 0 Å². The molecule has 1 heterocycles. The van der Waals surface area contributed by atoms with Crippen LogP contribution in [0.5, 0.6) is 11.5 Å². The monoisotopic (exact) mass is 308 g/mol. The third kappa shape index (κ3) is 2.94. The number of nitrogens with zero attached hydrogens (tertiary/aromatic N) is 1. The minimum absolute atomic E-state index is 0.216. The van der Waals surface area contributed by atoms with Gasteiger partial charge in [-0.05, 0) is 30.3 Å². The Hall–Kier alpha value is -3.08. The van der Waals surface area contributed by atoms with Gasteiger partial charge in [0.15, 0.2) is 0 Å². The molecule has 0 atom stereocenters. The molecule has 116 valence electrons. The summed E-state index contributed by atoms with van der Waals surface area (Å²) < 4.78 is 10.5. The Morgan fingerprint density at radius 2 is 1.91 bits per heavy atom. The third-order valence-electron chi connectivity index (χ3n) is 3.55. The lowest BCUT2D eigenvalue weighted by Gasteiger charge is -2.12. The maximum absolute atomic E-state index is 12.6. The summed E-state index contributed by atoms with van der Waals surface area (Å²) in [6.45, 7) is 0. The minimum Gasteiger partial charge on any atom is -0.497 e. The van der Waals surface area contributed by atoms with Gasteiger partial charge in [0, 0.05) is 23.2 Å². The lowest BCUT2D eigenvalue weighted by Crippen LogP contribution is -2.13. The summed E-state index contributed by atoms with van der Waals surface area (Å²) in [5.74, 6) is 0.984. The highest BCUT2D eigenvalue weighted by Gasteiger charge is 2.13. The van der Waals surface area contributed by atoms with Crippen LogP contribution in [0.25, 0.3) is 10.9 Å². The van der Waals surface area contributed by atoms with E-state index in [1.54, 1.807) is 44.7 Å². The van der Waals surface area contributed by atoms with Crippen molar-refractivity contribution < 1.29 is 14.3 Å². The molecule has 2 aromatic carbocycles.